The summed E-state index contributed by atoms with van der Waals surface area (Å²) in [6, 6.07) is 0. The Kier molecular flexibility index (Phi) is 2.52. The molecule has 0 atom stereocenters. The minimum atomic E-state index is 0.878. The van der Waals surface area contributed by atoms with E-state index in [9.17, 15) is 0 Å². The lowest BCUT2D eigenvalue weighted by molar-refractivity contribution is -0.723. The molecule has 0 radical (unpaired) electrons. The number of hydrogen-bond acceptors (Lipinski definition) is 3. The SMILES string of the molecule is Cc1cnc(N2CC(CC3C[NH2+]C3)C2)nc1. The van der Waals surface area contributed by atoms with Crippen molar-refractivity contribution in [1.82, 2.24) is 9.97 Å². The smallest absolute Gasteiger partial charge is 0.225 e. The first-order chi connectivity index (χ1) is 7.81. The predicted octanol–water partition coefficient (Wildman–Crippen LogP) is -0.195. The lowest BCUT2D eigenvalue weighted by Crippen LogP contribution is -2.96. The van der Waals surface area contributed by atoms with Gasteiger partial charge < -0.3 is 10.2 Å². The molecule has 4 heteroatoms. The van der Waals surface area contributed by atoms with Crippen LogP contribution in [0.3, 0.4) is 0 Å². The Morgan fingerprint density at radius 1 is 1.25 bits per heavy atom. The molecule has 0 bridgehead atoms. The standard InChI is InChI=1S/C12H18N4/c1-9-3-14-12(15-4-9)16-7-11(8-16)2-10-5-13-6-10/h3-4,10-11,13H,2,5-8H2,1H3/p+1. The topological polar surface area (TPSA) is 45.6 Å². The Morgan fingerprint density at radius 3 is 2.50 bits per heavy atom. The molecule has 3 heterocycles. The third kappa shape index (κ3) is 1.89. The number of aromatic nitrogens is 2. The average molecular weight is 219 g/mol. The van der Waals surface area contributed by atoms with Gasteiger partial charge in [0, 0.05) is 25.5 Å². The summed E-state index contributed by atoms with van der Waals surface area (Å²) in [5.41, 5.74) is 1.13. The Hall–Kier alpha value is -1.16. The molecule has 4 nitrogen and oxygen atoms in total. The van der Waals surface area contributed by atoms with Crippen LogP contribution in [0.4, 0.5) is 5.95 Å². The summed E-state index contributed by atoms with van der Waals surface area (Å²) in [5, 5.41) is 2.39. The van der Waals surface area contributed by atoms with Crippen molar-refractivity contribution in [1.29, 1.82) is 0 Å². The summed E-state index contributed by atoms with van der Waals surface area (Å²) in [6.45, 7) is 7.02. The van der Waals surface area contributed by atoms with Gasteiger partial charge in [-0.1, -0.05) is 0 Å². The van der Waals surface area contributed by atoms with Gasteiger partial charge in [-0.2, -0.15) is 0 Å². The maximum Gasteiger partial charge on any atom is 0.225 e. The van der Waals surface area contributed by atoms with E-state index < -0.39 is 0 Å². The lowest BCUT2D eigenvalue weighted by Gasteiger charge is -2.41. The van der Waals surface area contributed by atoms with Crippen LogP contribution < -0.4 is 10.2 Å². The van der Waals surface area contributed by atoms with E-state index in [0.29, 0.717) is 0 Å². The van der Waals surface area contributed by atoms with Gasteiger partial charge in [-0.3, -0.25) is 0 Å². The second-order valence-corrected chi connectivity index (χ2v) is 5.19. The minimum Gasteiger partial charge on any atom is -0.345 e. The fourth-order valence-electron chi connectivity index (χ4n) is 2.50. The summed E-state index contributed by atoms with van der Waals surface area (Å²) in [4.78, 5) is 11.0. The van der Waals surface area contributed by atoms with Gasteiger partial charge in [0.15, 0.2) is 0 Å². The number of anilines is 1. The molecule has 0 aromatic carbocycles. The van der Waals surface area contributed by atoms with Crippen LogP contribution in [0, 0.1) is 18.8 Å². The Labute approximate surface area is 96.1 Å². The lowest BCUT2D eigenvalue weighted by atomic mass is 9.86. The number of quaternary nitrogens is 1. The van der Waals surface area contributed by atoms with Crippen LogP contribution >= 0.6 is 0 Å². The fraction of sp³-hybridized carbons (Fsp3) is 0.667. The molecule has 2 saturated heterocycles. The summed E-state index contributed by atoms with van der Waals surface area (Å²) in [6.07, 6.45) is 5.20. The molecule has 2 N–H and O–H groups in total. The van der Waals surface area contributed by atoms with Crippen LogP contribution in [-0.2, 0) is 0 Å². The van der Waals surface area contributed by atoms with Gasteiger partial charge >= 0.3 is 0 Å². The average Bonchev–Trinajstić information content (AvgIpc) is 2.15. The number of nitrogens with zero attached hydrogens (tertiary/aromatic N) is 3. The van der Waals surface area contributed by atoms with Gasteiger partial charge in [0.25, 0.3) is 0 Å². The van der Waals surface area contributed by atoms with Crippen LogP contribution in [0.2, 0.25) is 0 Å². The van der Waals surface area contributed by atoms with E-state index in [0.717, 1.165) is 36.4 Å². The van der Waals surface area contributed by atoms with E-state index in [1.165, 1.54) is 19.5 Å². The summed E-state index contributed by atoms with van der Waals surface area (Å²) in [5.74, 6) is 2.76. The van der Waals surface area contributed by atoms with Gasteiger partial charge in [-0.15, -0.1) is 0 Å². The zero-order valence-electron chi connectivity index (χ0n) is 9.76. The first-order valence-electron chi connectivity index (χ1n) is 6.16. The van der Waals surface area contributed by atoms with Crippen molar-refractivity contribution >= 4 is 5.95 Å². The van der Waals surface area contributed by atoms with Crippen molar-refractivity contribution < 1.29 is 5.32 Å². The van der Waals surface area contributed by atoms with E-state index in [1.54, 1.807) is 0 Å². The van der Waals surface area contributed by atoms with Crippen LogP contribution in [0.25, 0.3) is 0 Å². The molecule has 86 valence electrons. The Bertz CT molecular complexity index is 352. The van der Waals surface area contributed by atoms with Gasteiger partial charge in [-0.25, -0.2) is 9.97 Å². The van der Waals surface area contributed by atoms with Crippen LogP contribution in [0.1, 0.15) is 12.0 Å². The van der Waals surface area contributed by atoms with Crippen LogP contribution in [-0.4, -0.2) is 36.1 Å². The molecular formula is C12H19N4+. The van der Waals surface area contributed by atoms with E-state index in [2.05, 4.69) is 20.2 Å². The van der Waals surface area contributed by atoms with Crippen molar-refractivity contribution in [3.63, 3.8) is 0 Å². The molecule has 3 rings (SSSR count). The molecule has 0 unspecified atom stereocenters. The zero-order valence-corrected chi connectivity index (χ0v) is 9.76. The number of hydrogen-bond donors (Lipinski definition) is 1. The number of rotatable bonds is 3. The minimum absolute atomic E-state index is 0.878. The molecule has 2 fully saturated rings. The first-order valence-corrected chi connectivity index (χ1v) is 6.16. The second kappa shape index (κ2) is 4.01. The highest BCUT2D eigenvalue weighted by atomic mass is 15.3. The molecule has 2 aliphatic heterocycles. The molecule has 1 aromatic heterocycles. The van der Waals surface area contributed by atoms with Crippen molar-refractivity contribution in [2.24, 2.45) is 11.8 Å². The second-order valence-electron chi connectivity index (χ2n) is 5.19. The van der Waals surface area contributed by atoms with Crippen molar-refractivity contribution in [3.05, 3.63) is 18.0 Å². The Balaban J connectivity index is 1.50. The summed E-state index contributed by atoms with van der Waals surface area (Å²) >= 11 is 0. The predicted molar refractivity (Wildman–Crippen MR) is 62.2 cm³/mol. The molecule has 0 saturated carbocycles. The number of nitrogens with two attached hydrogens (primary N) is 1. The monoisotopic (exact) mass is 219 g/mol. The highest BCUT2D eigenvalue weighted by Crippen LogP contribution is 2.26. The van der Waals surface area contributed by atoms with Crippen LogP contribution in [0.15, 0.2) is 12.4 Å². The zero-order chi connectivity index (χ0) is 11.0. The third-order valence-corrected chi connectivity index (χ3v) is 3.67. The normalized spacial score (nSPS) is 21.7. The molecule has 2 aliphatic rings. The van der Waals surface area contributed by atoms with Crippen molar-refractivity contribution in [2.75, 3.05) is 31.1 Å². The molecule has 0 amide bonds. The number of aryl methyl sites for hydroxylation is 1. The van der Waals surface area contributed by atoms with Gasteiger partial charge in [0.2, 0.25) is 5.95 Å². The van der Waals surface area contributed by atoms with Crippen LogP contribution in [0.5, 0.6) is 0 Å². The Morgan fingerprint density at radius 2 is 1.94 bits per heavy atom. The van der Waals surface area contributed by atoms with E-state index >= 15 is 0 Å². The van der Waals surface area contributed by atoms with Crippen molar-refractivity contribution in [2.45, 2.75) is 13.3 Å². The molecule has 1 aromatic rings. The molecule has 0 aliphatic carbocycles. The maximum atomic E-state index is 4.36. The van der Waals surface area contributed by atoms with E-state index in [1.807, 2.05) is 19.3 Å². The quantitative estimate of drug-likeness (QED) is 0.766. The molecular weight excluding hydrogens is 200 g/mol. The third-order valence-electron chi connectivity index (χ3n) is 3.67. The molecule has 0 spiro atoms. The molecule has 16 heavy (non-hydrogen) atoms. The highest BCUT2D eigenvalue weighted by Gasteiger charge is 2.33. The van der Waals surface area contributed by atoms with Gasteiger partial charge in [0.1, 0.15) is 0 Å². The highest BCUT2D eigenvalue weighted by molar-refractivity contribution is 5.33. The van der Waals surface area contributed by atoms with E-state index in [4.69, 9.17) is 0 Å². The maximum absolute atomic E-state index is 4.36. The summed E-state index contributed by atoms with van der Waals surface area (Å²) < 4.78 is 0. The van der Waals surface area contributed by atoms with Crippen molar-refractivity contribution in [3.8, 4) is 0 Å². The largest absolute Gasteiger partial charge is 0.345 e. The van der Waals surface area contributed by atoms with Gasteiger partial charge in [-0.05, 0) is 24.8 Å². The first kappa shape index (κ1) is 10.0. The van der Waals surface area contributed by atoms with E-state index in [-0.39, 0.29) is 0 Å². The fourth-order valence-corrected chi connectivity index (χ4v) is 2.50. The van der Waals surface area contributed by atoms with Gasteiger partial charge in [0.05, 0.1) is 19.0 Å². The summed E-state index contributed by atoms with van der Waals surface area (Å²) in [7, 11) is 0.